The van der Waals surface area contributed by atoms with Gasteiger partial charge >= 0.3 is 0 Å². The number of halogens is 1. The summed E-state index contributed by atoms with van der Waals surface area (Å²) in [5.74, 6) is 0. The predicted octanol–water partition coefficient (Wildman–Crippen LogP) is 4.18. The van der Waals surface area contributed by atoms with Gasteiger partial charge in [-0.1, -0.05) is 19.3 Å². The maximum atomic E-state index is 3.64. The SMILES string of the molecule is CC(c1ccc(Br)s1)N1CCNCC12CCCCC2. The minimum atomic E-state index is 0.423. The van der Waals surface area contributed by atoms with Crippen molar-refractivity contribution < 1.29 is 0 Å². The Morgan fingerprint density at radius 3 is 2.79 bits per heavy atom. The molecule has 2 nitrogen and oxygen atoms in total. The van der Waals surface area contributed by atoms with Gasteiger partial charge in [0, 0.05) is 36.1 Å². The standard InChI is InChI=1S/C15H23BrN2S/c1-12(13-5-6-14(16)19-13)18-10-9-17-11-15(18)7-3-2-4-8-15/h5-6,12,17H,2-4,7-11H2,1H3. The van der Waals surface area contributed by atoms with E-state index in [4.69, 9.17) is 0 Å². The zero-order valence-electron chi connectivity index (χ0n) is 11.6. The molecule has 1 atom stereocenters. The molecule has 0 aromatic carbocycles. The van der Waals surface area contributed by atoms with E-state index in [1.807, 2.05) is 11.3 Å². The van der Waals surface area contributed by atoms with E-state index in [1.54, 1.807) is 0 Å². The quantitative estimate of drug-likeness (QED) is 0.867. The second-order valence-corrected chi connectivity index (χ2v) is 8.47. The van der Waals surface area contributed by atoms with Crippen LogP contribution in [-0.2, 0) is 0 Å². The van der Waals surface area contributed by atoms with Gasteiger partial charge in [-0.2, -0.15) is 0 Å². The summed E-state index contributed by atoms with van der Waals surface area (Å²) in [6, 6.07) is 5.03. The van der Waals surface area contributed by atoms with Crippen molar-refractivity contribution in [2.45, 2.75) is 50.6 Å². The molecule has 1 aliphatic carbocycles. The van der Waals surface area contributed by atoms with Gasteiger partial charge in [0.15, 0.2) is 0 Å². The van der Waals surface area contributed by atoms with Crippen LogP contribution in [0.3, 0.4) is 0 Å². The minimum Gasteiger partial charge on any atom is -0.314 e. The van der Waals surface area contributed by atoms with E-state index in [-0.39, 0.29) is 0 Å². The van der Waals surface area contributed by atoms with E-state index in [2.05, 4.69) is 45.2 Å². The van der Waals surface area contributed by atoms with Crippen LogP contribution in [-0.4, -0.2) is 30.1 Å². The van der Waals surface area contributed by atoms with Crippen molar-refractivity contribution in [3.8, 4) is 0 Å². The average molecular weight is 343 g/mol. The van der Waals surface area contributed by atoms with Crippen LogP contribution < -0.4 is 5.32 Å². The van der Waals surface area contributed by atoms with Crippen molar-refractivity contribution in [1.29, 1.82) is 0 Å². The number of hydrogen-bond donors (Lipinski definition) is 1. The van der Waals surface area contributed by atoms with Crippen molar-refractivity contribution in [1.82, 2.24) is 10.2 Å². The van der Waals surface area contributed by atoms with Gasteiger partial charge in [-0.3, -0.25) is 4.90 Å². The fraction of sp³-hybridized carbons (Fsp3) is 0.733. The molecule has 1 aromatic heterocycles. The van der Waals surface area contributed by atoms with Gasteiger partial charge in [-0.05, 0) is 47.8 Å². The zero-order valence-corrected chi connectivity index (χ0v) is 14.0. The maximum Gasteiger partial charge on any atom is 0.0701 e. The highest BCUT2D eigenvalue weighted by Gasteiger charge is 2.42. The lowest BCUT2D eigenvalue weighted by atomic mass is 9.78. The molecule has 1 spiro atoms. The fourth-order valence-electron chi connectivity index (χ4n) is 3.84. The molecule has 0 radical (unpaired) electrons. The topological polar surface area (TPSA) is 15.3 Å². The van der Waals surface area contributed by atoms with Crippen molar-refractivity contribution in [2.24, 2.45) is 0 Å². The van der Waals surface area contributed by atoms with Crippen molar-refractivity contribution >= 4 is 27.3 Å². The Kier molecular flexibility index (Phi) is 4.32. The smallest absolute Gasteiger partial charge is 0.0701 e. The van der Waals surface area contributed by atoms with Crippen LogP contribution in [0.25, 0.3) is 0 Å². The van der Waals surface area contributed by atoms with E-state index in [0.717, 1.165) is 6.54 Å². The number of hydrogen-bond acceptors (Lipinski definition) is 3. The lowest BCUT2D eigenvalue weighted by Crippen LogP contribution is -2.62. The molecular formula is C15H23BrN2S. The molecule has 4 heteroatoms. The van der Waals surface area contributed by atoms with Crippen LogP contribution in [0.2, 0.25) is 0 Å². The molecular weight excluding hydrogens is 320 g/mol. The Morgan fingerprint density at radius 2 is 2.11 bits per heavy atom. The van der Waals surface area contributed by atoms with Crippen LogP contribution in [0.1, 0.15) is 49.9 Å². The molecule has 2 aliphatic rings. The molecule has 106 valence electrons. The van der Waals surface area contributed by atoms with Crippen LogP contribution in [0.5, 0.6) is 0 Å². The first kappa shape index (κ1) is 14.1. The van der Waals surface area contributed by atoms with Crippen LogP contribution in [0.15, 0.2) is 15.9 Å². The molecule has 1 unspecified atom stereocenters. The molecule has 1 saturated heterocycles. The first-order chi connectivity index (χ1) is 9.21. The van der Waals surface area contributed by atoms with Gasteiger partial charge in [-0.25, -0.2) is 0 Å². The number of piperazine rings is 1. The third-order valence-corrected chi connectivity index (χ3v) is 6.64. The summed E-state index contributed by atoms with van der Waals surface area (Å²) >= 11 is 5.49. The molecule has 2 fully saturated rings. The summed E-state index contributed by atoms with van der Waals surface area (Å²) in [6.45, 7) is 5.90. The average Bonchev–Trinajstić information content (AvgIpc) is 2.86. The van der Waals surface area contributed by atoms with E-state index in [0.29, 0.717) is 11.6 Å². The Hall–Kier alpha value is 0.1000. The number of rotatable bonds is 2. The Balaban J connectivity index is 1.83. The minimum absolute atomic E-state index is 0.423. The molecule has 1 N–H and O–H groups in total. The van der Waals surface area contributed by atoms with Crippen LogP contribution >= 0.6 is 27.3 Å². The lowest BCUT2D eigenvalue weighted by molar-refractivity contribution is -0.00175. The van der Waals surface area contributed by atoms with E-state index in [1.165, 1.54) is 53.9 Å². The number of nitrogens with one attached hydrogen (secondary N) is 1. The van der Waals surface area contributed by atoms with Crippen molar-refractivity contribution in [3.05, 3.63) is 20.8 Å². The van der Waals surface area contributed by atoms with E-state index in [9.17, 15) is 0 Å². The highest BCUT2D eigenvalue weighted by Crippen LogP contribution is 2.41. The largest absolute Gasteiger partial charge is 0.314 e. The van der Waals surface area contributed by atoms with Crippen molar-refractivity contribution in [3.63, 3.8) is 0 Å². The third kappa shape index (κ3) is 2.78. The van der Waals surface area contributed by atoms with Gasteiger partial charge in [0.2, 0.25) is 0 Å². The maximum absolute atomic E-state index is 3.64. The Labute approximate surface area is 128 Å². The lowest BCUT2D eigenvalue weighted by Gasteiger charge is -2.52. The molecule has 0 amide bonds. The van der Waals surface area contributed by atoms with Crippen molar-refractivity contribution in [2.75, 3.05) is 19.6 Å². The highest BCUT2D eigenvalue weighted by atomic mass is 79.9. The van der Waals surface area contributed by atoms with E-state index < -0.39 is 0 Å². The monoisotopic (exact) mass is 342 g/mol. The molecule has 1 saturated carbocycles. The summed E-state index contributed by atoms with van der Waals surface area (Å²) < 4.78 is 1.25. The predicted molar refractivity (Wildman–Crippen MR) is 85.8 cm³/mol. The van der Waals surface area contributed by atoms with Crippen LogP contribution in [0.4, 0.5) is 0 Å². The molecule has 0 bridgehead atoms. The molecule has 1 aromatic rings. The van der Waals surface area contributed by atoms with E-state index >= 15 is 0 Å². The molecule has 3 rings (SSSR count). The van der Waals surface area contributed by atoms with Gasteiger partial charge in [-0.15, -0.1) is 11.3 Å². The first-order valence-electron chi connectivity index (χ1n) is 7.44. The number of thiophene rings is 1. The summed E-state index contributed by atoms with van der Waals surface area (Å²) in [4.78, 5) is 4.29. The second-order valence-electron chi connectivity index (χ2n) is 5.97. The molecule has 19 heavy (non-hydrogen) atoms. The summed E-state index contributed by atoms with van der Waals surface area (Å²) in [7, 11) is 0. The van der Waals surface area contributed by atoms with Crippen LogP contribution in [0, 0.1) is 0 Å². The Bertz CT molecular complexity index is 417. The number of nitrogens with zero attached hydrogens (tertiary/aromatic N) is 1. The summed E-state index contributed by atoms with van der Waals surface area (Å²) in [5, 5.41) is 3.64. The van der Waals surface area contributed by atoms with Gasteiger partial charge in [0.1, 0.15) is 0 Å². The van der Waals surface area contributed by atoms with Gasteiger partial charge in [0.25, 0.3) is 0 Å². The summed E-state index contributed by atoms with van der Waals surface area (Å²) in [6.07, 6.45) is 6.97. The first-order valence-corrected chi connectivity index (χ1v) is 9.05. The summed E-state index contributed by atoms with van der Waals surface area (Å²) in [5.41, 5.74) is 0.423. The normalized spacial score (nSPS) is 25.6. The molecule has 1 aliphatic heterocycles. The Morgan fingerprint density at radius 1 is 1.32 bits per heavy atom. The zero-order chi connectivity index (χ0) is 13.3. The molecule has 2 heterocycles. The second kappa shape index (κ2) is 5.84. The fourth-order valence-corrected chi connectivity index (χ4v) is 5.33. The third-order valence-electron chi connectivity index (χ3n) is 4.85. The van der Waals surface area contributed by atoms with Gasteiger partial charge in [0.05, 0.1) is 3.79 Å². The van der Waals surface area contributed by atoms with Gasteiger partial charge < -0.3 is 5.32 Å². The highest BCUT2D eigenvalue weighted by molar-refractivity contribution is 9.11.